The van der Waals surface area contributed by atoms with Crippen molar-refractivity contribution in [2.24, 2.45) is 0 Å². The topological polar surface area (TPSA) is 37.3 Å². The van der Waals surface area contributed by atoms with Crippen LogP contribution in [0.1, 0.15) is 0 Å². The third kappa shape index (κ3) is 3.51. The monoisotopic (exact) mass is 338 g/mol. The van der Waals surface area contributed by atoms with Gasteiger partial charge in [-0.05, 0) is 0 Å². The summed E-state index contributed by atoms with van der Waals surface area (Å²) in [6.45, 7) is 0. The fraction of sp³-hybridized carbons (Fsp3) is 0.125. The first-order valence-corrected chi connectivity index (χ1v) is 10.2. The van der Waals surface area contributed by atoms with E-state index in [2.05, 4.69) is 0 Å². The van der Waals surface area contributed by atoms with E-state index < -0.39 is 30.5 Å². The molecule has 1 rings (SSSR count). The Hall–Kier alpha value is -0.375. The summed E-state index contributed by atoms with van der Waals surface area (Å²) in [5.41, 5.74) is 0. The van der Waals surface area contributed by atoms with Gasteiger partial charge in [-0.2, -0.15) is 0 Å². The molecule has 0 aliphatic heterocycles. The normalized spacial score (nSPS) is 8.73. The number of rotatable bonds is 3. The van der Waals surface area contributed by atoms with Crippen molar-refractivity contribution in [1.29, 1.82) is 0 Å². The van der Waals surface area contributed by atoms with Crippen molar-refractivity contribution in [2.45, 2.75) is 3.93 Å². The molecule has 0 aromatic heterocycles. The summed E-state index contributed by atoms with van der Waals surface area (Å²) < 4.78 is 1.74. The Morgan fingerprint density at radius 1 is 1.36 bits per heavy atom. The number of carboxylic acids is 1. The molecule has 0 saturated carbocycles. The van der Waals surface area contributed by atoms with Crippen LogP contribution in [0.25, 0.3) is 0 Å². The second-order valence-electron chi connectivity index (χ2n) is 2.38. The molecule has 54 valence electrons. The summed E-state index contributed by atoms with van der Waals surface area (Å²) in [5, 5.41) is 8.43. The molecule has 0 spiro atoms. The average Bonchev–Trinajstić information content (AvgIpc) is 2.03. The summed E-state index contributed by atoms with van der Waals surface area (Å²) in [5.74, 6) is -0.643. The Labute approximate surface area is 77.7 Å². The zero-order valence-electron chi connectivity index (χ0n) is 6.16. The van der Waals surface area contributed by atoms with E-state index in [4.69, 9.17) is 5.11 Å². The Morgan fingerprint density at radius 3 is 2.55 bits per heavy atom. The van der Waals surface area contributed by atoms with E-state index >= 15 is 0 Å². The van der Waals surface area contributed by atoms with Crippen LogP contribution in [0.5, 0.6) is 0 Å². The molecular weight excluding hydrogens is 329 g/mol. The van der Waals surface area contributed by atoms with E-state index in [0.717, 1.165) is 0 Å². The Bertz CT molecular complexity index is 233. The molecule has 3 heteroatoms. The number of hydrogen-bond donors (Lipinski definition) is 1. The van der Waals surface area contributed by atoms with Gasteiger partial charge in [0.15, 0.2) is 0 Å². The molecule has 0 aliphatic rings. The van der Waals surface area contributed by atoms with E-state index in [0.29, 0.717) is 3.93 Å². The molecule has 0 atom stereocenters. The van der Waals surface area contributed by atoms with Crippen molar-refractivity contribution >= 4 is 9.04 Å². The number of hydrogen-bond acceptors (Lipinski definition) is 1. The van der Waals surface area contributed by atoms with Crippen molar-refractivity contribution in [3.63, 3.8) is 0 Å². The van der Waals surface area contributed by atoms with Crippen molar-refractivity contribution in [1.82, 2.24) is 0 Å². The van der Waals surface area contributed by atoms with Crippen molar-refractivity contribution in [2.75, 3.05) is 0 Å². The summed E-state index contributed by atoms with van der Waals surface area (Å²) >= 11 is -1.27. The standard InChI is InChI=1S/C6H5.C2H3O2.Hg/c1-2-4-6-5-3-1;1-2(3)4;/h1-5H;1H2,(H,3,4);. The first-order chi connectivity index (χ1) is 5.29. The number of aliphatic carboxylic acids is 1. The fourth-order valence-electron chi connectivity index (χ4n) is 0.896. The first-order valence-electron chi connectivity index (χ1n) is 3.55. The van der Waals surface area contributed by atoms with Gasteiger partial charge in [0.05, 0.1) is 0 Å². The van der Waals surface area contributed by atoms with Crippen LogP contribution in [0.4, 0.5) is 0 Å². The summed E-state index contributed by atoms with van der Waals surface area (Å²) in [7, 11) is 0. The molecule has 1 aromatic carbocycles. The van der Waals surface area contributed by atoms with Gasteiger partial charge in [0.1, 0.15) is 0 Å². The zero-order chi connectivity index (χ0) is 8.10. The van der Waals surface area contributed by atoms with Crippen molar-refractivity contribution < 1.29 is 34.5 Å². The molecule has 0 fully saturated rings. The Morgan fingerprint density at radius 2 is 2.00 bits per heavy atom. The van der Waals surface area contributed by atoms with Crippen molar-refractivity contribution in [3.8, 4) is 0 Å². The second kappa shape index (κ2) is 4.49. The van der Waals surface area contributed by atoms with E-state index in [1.807, 2.05) is 30.3 Å². The second-order valence-corrected chi connectivity index (χ2v) is 9.44. The molecule has 1 N–H and O–H groups in total. The minimum atomic E-state index is -1.27. The van der Waals surface area contributed by atoms with E-state index in [1.54, 1.807) is 0 Å². The van der Waals surface area contributed by atoms with E-state index in [1.165, 1.54) is 3.07 Å². The summed E-state index contributed by atoms with van der Waals surface area (Å²) in [6, 6.07) is 9.96. The molecule has 0 bridgehead atoms. The predicted molar refractivity (Wildman–Crippen MR) is 38.5 cm³/mol. The SMILES string of the molecule is O=C(O)[CH2][Hg][c]1ccccc1. The van der Waals surface area contributed by atoms with E-state index in [-0.39, 0.29) is 0 Å². The number of carbonyl (C=O) groups is 1. The van der Waals surface area contributed by atoms with Crippen LogP contribution in [0.3, 0.4) is 0 Å². The fourth-order valence-corrected chi connectivity index (χ4v) is 5.20. The van der Waals surface area contributed by atoms with Gasteiger partial charge < -0.3 is 0 Å². The summed E-state index contributed by atoms with van der Waals surface area (Å²) in [6.07, 6.45) is 0. The molecule has 0 saturated heterocycles. The average molecular weight is 337 g/mol. The number of carboxylic acid groups (broad SMARTS) is 1. The van der Waals surface area contributed by atoms with Gasteiger partial charge in [-0.3, -0.25) is 0 Å². The van der Waals surface area contributed by atoms with Crippen LogP contribution in [-0.4, -0.2) is 11.1 Å². The van der Waals surface area contributed by atoms with Gasteiger partial charge in [-0.1, -0.05) is 0 Å². The third-order valence-electron chi connectivity index (χ3n) is 1.47. The van der Waals surface area contributed by atoms with Crippen LogP contribution in [0.2, 0.25) is 3.93 Å². The van der Waals surface area contributed by atoms with Gasteiger partial charge in [0.25, 0.3) is 0 Å². The van der Waals surface area contributed by atoms with Crippen LogP contribution in [-0.2, 0) is 29.4 Å². The zero-order valence-corrected chi connectivity index (χ0v) is 11.7. The Kier molecular flexibility index (Phi) is 3.56. The van der Waals surface area contributed by atoms with Crippen LogP contribution in [0.15, 0.2) is 30.3 Å². The first kappa shape index (κ1) is 8.72. The van der Waals surface area contributed by atoms with Crippen LogP contribution in [0, 0.1) is 0 Å². The molecule has 0 unspecified atom stereocenters. The maximum absolute atomic E-state index is 10.2. The molecule has 2 nitrogen and oxygen atoms in total. The van der Waals surface area contributed by atoms with Gasteiger partial charge in [0.2, 0.25) is 0 Å². The van der Waals surface area contributed by atoms with Crippen LogP contribution >= 0.6 is 0 Å². The molecule has 0 amide bonds. The summed E-state index contributed by atoms with van der Waals surface area (Å²) in [4.78, 5) is 10.2. The van der Waals surface area contributed by atoms with Gasteiger partial charge >= 0.3 is 77.8 Å². The van der Waals surface area contributed by atoms with Gasteiger partial charge in [-0.15, -0.1) is 0 Å². The Balaban J connectivity index is 2.45. The molecule has 11 heavy (non-hydrogen) atoms. The molecular formula is C8H8HgO2. The maximum atomic E-state index is 10.2. The van der Waals surface area contributed by atoms with E-state index in [9.17, 15) is 4.79 Å². The molecule has 0 radical (unpaired) electrons. The quantitative estimate of drug-likeness (QED) is 0.833. The predicted octanol–water partition coefficient (Wildman–Crippen LogP) is 0.897. The van der Waals surface area contributed by atoms with Gasteiger partial charge in [0, 0.05) is 0 Å². The van der Waals surface area contributed by atoms with Gasteiger partial charge in [-0.25, -0.2) is 0 Å². The van der Waals surface area contributed by atoms with Crippen LogP contribution < -0.4 is 3.07 Å². The number of benzene rings is 1. The molecule has 0 heterocycles. The molecule has 0 aliphatic carbocycles. The van der Waals surface area contributed by atoms with Crippen molar-refractivity contribution in [3.05, 3.63) is 30.3 Å². The molecule has 1 aromatic rings. The minimum absolute atomic E-state index is 0.435. The third-order valence-corrected chi connectivity index (χ3v) is 8.18.